The van der Waals surface area contributed by atoms with Crippen LogP contribution in [0.3, 0.4) is 0 Å². The molecule has 0 aliphatic rings. The zero-order valence-corrected chi connectivity index (χ0v) is 10.5. The third kappa shape index (κ3) is 2.74. The Morgan fingerprint density at radius 2 is 2.00 bits per heavy atom. The summed E-state index contributed by atoms with van der Waals surface area (Å²) in [5, 5.41) is 10.5. The Balaban J connectivity index is 2.30. The molecule has 18 heavy (non-hydrogen) atoms. The van der Waals surface area contributed by atoms with Crippen LogP contribution in [0.4, 0.5) is 4.39 Å². The first-order chi connectivity index (χ1) is 8.49. The van der Waals surface area contributed by atoms with E-state index in [1.54, 1.807) is 37.5 Å². The topological polar surface area (TPSA) is 33.1 Å². The van der Waals surface area contributed by atoms with Crippen molar-refractivity contribution in [3.8, 4) is 0 Å². The lowest BCUT2D eigenvalue weighted by Gasteiger charge is -2.24. The van der Waals surface area contributed by atoms with Gasteiger partial charge in [-0.15, -0.1) is 0 Å². The lowest BCUT2D eigenvalue weighted by atomic mass is 9.89. The van der Waals surface area contributed by atoms with Gasteiger partial charge in [0.15, 0.2) is 0 Å². The van der Waals surface area contributed by atoms with Crippen molar-refractivity contribution in [2.45, 2.75) is 25.9 Å². The molecule has 1 atom stereocenters. The molecule has 1 aromatic heterocycles. The molecule has 2 nitrogen and oxygen atoms in total. The highest BCUT2D eigenvalue weighted by atomic mass is 19.1. The molecule has 1 unspecified atom stereocenters. The first-order valence-corrected chi connectivity index (χ1v) is 5.87. The van der Waals surface area contributed by atoms with E-state index >= 15 is 0 Å². The zero-order valence-electron chi connectivity index (χ0n) is 10.5. The molecule has 0 aliphatic carbocycles. The van der Waals surface area contributed by atoms with Crippen LogP contribution in [0.2, 0.25) is 0 Å². The van der Waals surface area contributed by atoms with E-state index in [0.717, 1.165) is 5.56 Å². The first kappa shape index (κ1) is 12.7. The van der Waals surface area contributed by atoms with E-state index in [-0.39, 0.29) is 12.2 Å². The van der Waals surface area contributed by atoms with Crippen molar-refractivity contribution in [2.75, 3.05) is 0 Å². The summed E-state index contributed by atoms with van der Waals surface area (Å²) in [6, 6.07) is 8.37. The average molecular weight is 245 g/mol. The zero-order chi connectivity index (χ0) is 13.2. The van der Waals surface area contributed by atoms with Gasteiger partial charge in [-0.25, -0.2) is 4.39 Å². The van der Waals surface area contributed by atoms with Gasteiger partial charge in [-0.3, -0.25) is 4.98 Å². The maximum Gasteiger partial charge on any atom is 0.126 e. The summed E-state index contributed by atoms with van der Waals surface area (Å²) in [5.74, 6) is -0.293. The fourth-order valence-electron chi connectivity index (χ4n) is 1.96. The van der Waals surface area contributed by atoms with E-state index in [1.807, 2.05) is 13.0 Å². The fraction of sp³-hybridized carbons (Fsp3) is 0.267. The number of benzene rings is 1. The second-order valence-electron chi connectivity index (χ2n) is 4.79. The third-order valence-corrected chi connectivity index (χ3v) is 2.99. The van der Waals surface area contributed by atoms with E-state index in [1.165, 1.54) is 6.07 Å². The van der Waals surface area contributed by atoms with Gasteiger partial charge in [-0.05, 0) is 31.0 Å². The summed E-state index contributed by atoms with van der Waals surface area (Å²) >= 11 is 0. The van der Waals surface area contributed by atoms with Gasteiger partial charge in [0.25, 0.3) is 0 Å². The minimum Gasteiger partial charge on any atom is -0.385 e. The molecule has 2 aromatic rings. The van der Waals surface area contributed by atoms with Crippen LogP contribution in [-0.2, 0) is 12.0 Å². The van der Waals surface area contributed by atoms with Crippen molar-refractivity contribution in [1.82, 2.24) is 4.98 Å². The molecule has 1 heterocycles. The lowest BCUT2D eigenvalue weighted by molar-refractivity contribution is 0.0563. The molecule has 94 valence electrons. The maximum atomic E-state index is 13.6. The minimum atomic E-state index is -1.12. The molecular weight excluding hydrogens is 229 g/mol. The minimum absolute atomic E-state index is 0.227. The highest BCUT2D eigenvalue weighted by molar-refractivity contribution is 5.27. The summed E-state index contributed by atoms with van der Waals surface area (Å²) in [7, 11) is 0. The van der Waals surface area contributed by atoms with Crippen LogP contribution in [0.15, 0.2) is 42.7 Å². The number of aromatic nitrogens is 1. The van der Waals surface area contributed by atoms with Crippen LogP contribution in [0, 0.1) is 12.7 Å². The molecular formula is C15H16FNO. The first-order valence-electron chi connectivity index (χ1n) is 5.87. The van der Waals surface area contributed by atoms with Gasteiger partial charge in [0.1, 0.15) is 5.82 Å². The number of aliphatic hydroxyl groups is 1. The van der Waals surface area contributed by atoms with E-state index in [2.05, 4.69) is 4.98 Å². The second-order valence-corrected chi connectivity index (χ2v) is 4.79. The van der Waals surface area contributed by atoms with Gasteiger partial charge in [0.2, 0.25) is 0 Å². The monoisotopic (exact) mass is 245 g/mol. The van der Waals surface area contributed by atoms with Crippen molar-refractivity contribution in [3.05, 3.63) is 65.2 Å². The van der Waals surface area contributed by atoms with Crippen LogP contribution in [0.1, 0.15) is 23.6 Å². The Morgan fingerprint density at radius 1 is 1.28 bits per heavy atom. The molecule has 0 spiro atoms. The van der Waals surface area contributed by atoms with E-state index in [4.69, 9.17) is 0 Å². The van der Waals surface area contributed by atoms with Crippen molar-refractivity contribution >= 4 is 0 Å². The smallest absolute Gasteiger partial charge is 0.126 e. The molecule has 2 rings (SSSR count). The molecule has 1 aromatic carbocycles. The maximum absolute atomic E-state index is 13.6. The predicted octanol–water partition coefficient (Wildman–Crippen LogP) is 2.98. The molecule has 0 saturated carbocycles. The molecule has 3 heteroatoms. The number of rotatable bonds is 3. The Morgan fingerprint density at radius 3 is 2.67 bits per heavy atom. The largest absolute Gasteiger partial charge is 0.385 e. The summed E-state index contributed by atoms with van der Waals surface area (Å²) in [6.07, 6.45) is 3.57. The molecule has 0 amide bonds. The molecule has 0 bridgehead atoms. The van der Waals surface area contributed by atoms with E-state index in [0.29, 0.717) is 11.1 Å². The standard InChI is InChI=1S/C15H16FNO/c1-11-7-13(10-17-9-11)15(2,18)8-12-5-3-4-6-14(12)16/h3-7,9-10,18H,8H2,1-2H3. The van der Waals surface area contributed by atoms with Crippen molar-refractivity contribution < 1.29 is 9.50 Å². The lowest BCUT2D eigenvalue weighted by Crippen LogP contribution is -2.25. The van der Waals surface area contributed by atoms with Gasteiger partial charge in [0.05, 0.1) is 5.60 Å². The number of aryl methyl sites for hydroxylation is 1. The van der Waals surface area contributed by atoms with Crippen molar-refractivity contribution in [2.24, 2.45) is 0 Å². The number of hydrogen-bond donors (Lipinski definition) is 1. The Hall–Kier alpha value is -1.74. The molecule has 0 radical (unpaired) electrons. The Bertz CT molecular complexity index is 552. The van der Waals surface area contributed by atoms with Gasteiger partial charge >= 0.3 is 0 Å². The Labute approximate surface area is 106 Å². The quantitative estimate of drug-likeness (QED) is 0.901. The van der Waals surface area contributed by atoms with Crippen LogP contribution in [0.5, 0.6) is 0 Å². The number of pyridine rings is 1. The summed E-state index contributed by atoms with van der Waals surface area (Å²) in [5.41, 5.74) is 1.05. The highest BCUT2D eigenvalue weighted by Gasteiger charge is 2.25. The van der Waals surface area contributed by atoms with Gasteiger partial charge in [0, 0.05) is 24.4 Å². The van der Waals surface area contributed by atoms with Gasteiger partial charge < -0.3 is 5.11 Å². The van der Waals surface area contributed by atoms with Gasteiger partial charge in [-0.1, -0.05) is 24.3 Å². The van der Waals surface area contributed by atoms with Crippen molar-refractivity contribution in [1.29, 1.82) is 0 Å². The number of nitrogens with zero attached hydrogens (tertiary/aromatic N) is 1. The summed E-state index contributed by atoms with van der Waals surface area (Å²) in [4.78, 5) is 4.06. The predicted molar refractivity (Wildman–Crippen MR) is 68.6 cm³/mol. The molecule has 0 fully saturated rings. The summed E-state index contributed by atoms with van der Waals surface area (Å²) in [6.45, 7) is 3.59. The van der Waals surface area contributed by atoms with Gasteiger partial charge in [-0.2, -0.15) is 0 Å². The molecule has 0 aliphatic heterocycles. The second kappa shape index (κ2) is 4.86. The number of halogens is 1. The molecule has 0 saturated heterocycles. The fourth-order valence-corrected chi connectivity index (χ4v) is 1.96. The SMILES string of the molecule is Cc1cncc(C(C)(O)Cc2ccccc2F)c1. The van der Waals surface area contributed by atoms with Crippen LogP contribution in [0.25, 0.3) is 0 Å². The van der Waals surface area contributed by atoms with Crippen LogP contribution in [-0.4, -0.2) is 10.1 Å². The van der Waals surface area contributed by atoms with Crippen LogP contribution < -0.4 is 0 Å². The number of hydrogen-bond acceptors (Lipinski definition) is 2. The summed E-state index contributed by atoms with van der Waals surface area (Å²) < 4.78 is 13.6. The van der Waals surface area contributed by atoms with E-state index < -0.39 is 5.60 Å². The highest BCUT2D eigenvalue weighted by Crippen LogP contribution is 2.26. The molecule has 1 N–H and O–H groups in total. The van der Waals surface area contributed by atoms with Crippen LogP contribution >= 0.6 is 0 Å². The Kier molecular flexibility index (Phi) is 3.43. The third-order valence-electron chi connectivity index (χ3n) is 2.99. The van der Waals surface area contributed by atoms with E-state index in [9.17, 15) is 9.50 Å². The normalized spacial score (nSPS) is 14.2. The van der Waals surface area contributed by atoms with Crippen molar-refractivity contribution in [3.63, 3.8) is 0 Å². The average Bonchev–Trinajstić information content (AvgIpc) is 2.32.